The number of benzene rings is 1. The van der Waals surface area contributed by atoms with E-state index in [1.54, 1.807) is 25.1 Å². The van der Waals surface area contributed by atoms with Crippen molar-refractivity contribution in [2.24, 2.45) is 0 Å². The number of hydrogen-bond donors (Lipinski definition) is 1. The number of hydrogen-bond acceptors (Lipinski definition) is 1. The number of nitrogens with one attached hydrogen (secondary N) is 1. The van der Waals surface area contributed by atoms with Gasteiger partial charge in [-0.3, -0.25) is 4.79 Å². The zero-order chi connectivity index (χ0) is 10.6. The van der Waals surface area contributed by atoms with Gasteiger partial charge in [-0.25, -0.2) is 0 Å². The Morgan fingerprint density at radius 3 is 2.86 bits per heavy atom. The van der Waals surface area contributed by atoms with Gasteiger partial charge in [-0.05, 0) is 53.8 Å². The summed E-state index contributed by atoms with van der Waals surface area (Å²) in [6.07, 6.45) is 3.13. The predicted molar refractivity (Wildman–Crippen MR) is 67.6 cm³/mol. The quantitative estimate of drug-likeness (QED) is 0.656. The van der Waals surface area contributed by atoms with E-state index >= 15 is 0 Å². The largest absolute Gasteiger partial charge is 0.321 e. The van der Waals surface area contributed by atoms with Crippen LogP contribution in [0.5, 0.6) is 0 Å². The first-order valence-electron chi connectivity index (χ1n) is 4.02. The van der Waals surface area contributed by atoms with Crippen molar-refractivity contribution in [2.45, 2.75) is 6.92 Å². The molecule has 0 atom stereocenters. The molecule has 1 amide bonds. The predicted octanol–water partition coefficient (Wildman–Crippen LogP) is 3.46. The average molecular weight is 322 g/mol. The number of allylic oxidation sites excluding steroid dienone is 1. The van der Waals surface area contributed by atoms with Crippen LogP contribution in [0.15, 0.2) is 30.4 Å². The van der Waals surface area contributed by atoms with Crippen LogP contribution < -0.4 is 5.32 Å². The fraction of sp³-hybridized carbons (Fsp3) is 0.100. The van der Waals surface area contributed by atoms with E-state index in [4.69, 9.17) is 11.6 Å². The molecule has 0 unspecified atom stereocenters. The molecule has 0 aromatic heterocycles. The van der Waals surface area contributed by atoms with Gasteiger partial charge in [-0.2, -0.15) is 0 Å². The van der Waals surface area contributed by atoms with Gasteiger partial charge in [0.25, 0.3) is 0 Å². The highest BCUT2D eigenvalue weighted by Crippen LogP contribution is 2.23. The van der Waals surface area contributed by atoms with E-state index in [2.05, 4.69) is 27.9 Å². The molecular weight excluding hydrogens is 312 g/mol. The maximum Gasteiger partial charge on any atom is 0.248 e. The maximum absolute atomic E-state index is 11.2. The molecule has 14 heavy (non-hydrogen) atoms. The zero-order valence-corrected chi connectivity index (χ0v) is 10.5. The minimum absolute atomic E-state index is 0.171. The number of anilines is 1. The number of carbonyl (C=O) groups excluding carboxylic acids is 1. The molecule has 1 aromatic rings. The third kappa shape index (κ3) is 3.31. The second-order valence-electron chi connectivity index (χ2n) is 2.61. The molecule has 0 spiro atoms. The van der Waals surface area contributed by atoms with E-state index in [-0.39, 0.29) is 5.91 Å². The highest BCUT2D eigenvalue weighted by Gasteiger charge is 2.02. The van der Waals surface area contributed by atoms with Gasteiger partial charge >= 0.3 is 0 Å². The molecule has 0 radical (unpaired) electrons. The Kier molecular flexibility index (Phi) is 4.41. The lowest BCUT2D eigenvalue weighted by Gasteiger charge is -2.04. The summed E-state index contributed by atoms with van der Waals surface area (Å²) in [5.41, 5.74) is 0.634. The number of amides is 1. The molecule has 1 rings (SSSR count). The molecule has 0 aliphatic rings. The van der Waals surface area contributed by atoms with Gasteiger partial charge in [-0.15, -0.1) is 0 Å². The van der Waals surface area contributed by atoms with Gasteiger partial charge in [0.2, 0.25) is 5.91 Å². The van der Waals surface area contributed by atoms with Crippen LogP contribution in [0.1, 0.15) is 6.92 Å². The van der Waals surface area contributed by atoms with Crippen LogP contribution in [0.25, 0.3) is 0 Å². The first kappa shape index (κ1) is 11.5. The van der Waals surface area contributed by atoms with E-state index in [0.717, 1.165) is 3.57 Å². The van der Waals surface area contributed by atoms with E-state index in [1.165, 1.54) is 6.08 Å². The monoisotopic (exact) mass is 321 g/mol. The molecule has 0 saturated carbocycles. The first-order chi connectivity index (χ1) is 6.63. The van der Waals surface area contributed by atoms with Gasteiger partial charge in [0.1, 0.15) is 0 Å². The van der Waals surface area contributed by atoms with Crippen LogP contribution >= 0.6 is 34.2 Å². The van der Waals surface area contributed by atoms with Crippen LogP contribution in [0.4, 0.5) is 5.69 Å². The summed E-state index contributed by atoms with van der Waals surface area (Å²) in [6.45, 7) is 1.79. The van der Waals surface area contributed by atoms with E-state index < -0.39 is 0 Å². The first-order valence-corrected chi connectivity index (χ1v) is 5.48. The molecular formula is C10H9ClINO. The number of carbonyl (C=O) groups is 1. The molecule has 1 N–H and O–H groups in total. The van der Waals surface area contributed by atoms with Crippen molar-refractivity contribution in [3.8, 4) is 0 Å². The lowest BCUT2D eigenvalue weighted by molar-refractivity contribution is -0.111. The van der Waals surface area contributed by atoms with E-state index in [1.807, 2.05) is 6.07 Å². The van der Waals surface area contributed by atoms with Crippen molar-refractivity contribution >= 4 is 45.8 Å². The summed E-state index contributed by atoms with van der Waals surface area (Å²) in [7, 11) is 0. The fourth-order valence-corrected chi connectivity index (χ4v) is 1.82. The topological polar surface area (TPSA) is 29.1 Å². The highest BCUT2D eigenvalue weighted by molar-refractivity contribution is 14.1. The Morgan fingerprint density at radius 1 is 1.57 bits per heavy atom. The smallest absolute Gasteiger partial charge is 0.248 e. The molecule has 4 heteroatoms. The SMILES string of the molecule is CC=CC(=O)Nc1ccc(I)cc1Cl. The van der Waals surface area contributed by atoms with Gasteiger partial charge in [0, 0.05) is 3.57 Å². The lowest BCUT2D eigenvalue weighted by atomic mass is 10.3. The molecule has 1 aromatic carbocycles. The van der Waals surface area contributed by atoms with Crippen LogP contribution in [-0.4, -0.2) is 5.91 Å². The molecule has 74 valence electrons. The molecule has 0 heterocycles. The summed E-state index contributed by atoms with van der Waals surface area (Å²) >= 11 is 8.09. The van der Waals surface area contributed by atoms with Crippen LogP contribution in [-0.2, 0) is 4.79 Å². The Bertz CT molecular complexity index is 376. The minimum atomic E-state index is -0.171. The Hall–Kier alpha value is -0.550. The lowest BCUT2D eigenvalue weighted by Crippen LogP contribution is -2.07. The van der Waals surface area contributed by atoms with Crippen molar-refractivity contribution < 1.29 is 4.79 Å². The van der Waals surface area contributed by atoms with Crippen LogP contribution in [0, 0.1) is 3.57 Å². The van der Waals surface area contributed by atoms with Crippen molar-refractivity contribution in [3.05, 3.63) is 38.9 Å². The Morgan fingerprint density at radius 2 is 2.29 bits per heavy atom. The Balaban J connectivity index is 2.82. The summed E-state index contributed by atoms with van der Waals surface area (Å²) in [6, 6.07) is 5.47. The second-order valence-corrected chi connectivity index (χ2v) is 4.27. The molecule has 0 saturated heterocycles. The molecule has 2 nitrogen and oxygen atoms in total. The average Bonchev–Trinajstić information content (AvgIpc) is 2.10. The van der Waals surface area contributed by atoms with Gasteiger partial charge < -0.3 is 5.32 Å². The van der Waals surface area contributed by atoms with Gasteiger partial charge in [0.05, 0.1) is 10.7 Å². The third-order valence-corrected chi connectivity index (χ3v) is 2.49. The normalized spacial score (nSPS) is 10.5. The van der Waals surface area contributed by atoms with Gasteiger partial charge in [0.15, 0.2) is 0 Å². The molecule has 0 bridgehead atoms. The summed E-state index contributed by atoms with van der Waals surface area (Å²) < 4.78 is 1.04. The standard InChI is InChI=1S/C10H9ClINO/c1-2-3-10(14)13-9-5-4-7(12)6-8(9)11/h2-6H,1H3,(H,13,14). The maximum atomic E-state index is 11.2. The van der Waals surface area contributed by atoms with Crippen molar-refractivity contribution in [1.29, 1.82) is 0 Å². The van der Waals surface area contributed by atoms with Crippen molar-refractivity contribution in [1.82, 2.24) is 0 Å². The van der Waals surface area contributed by atoms with E-state index in [0.29, 0.717) is 10.7 Å². The second kappa shape index (κ2) is 5.36. The minimum Gasteiger partial charge on any atom is -0.321 e. The summed E-state index contributed by atoms with van der Waals surface area (Å²) in [4.78, 5) is 11.2. The van der Waals surface area contributed by atoms with Crippen LogP contribution in [0.3, 0.4) is 0 Å². The number of halogens is 2. The zero-order valence-electron chi connectivity index (χ0n) is 7.55. The summed E-state index contributed by atoms with van der Waals surface area (Å²) in [5, 5.41) is 3.23. The summed E-state index contributed by atoms with van der Waals surface area (Å²) in [5.74, 6) is -0.171. The van der Waals surface area contributed by atoms with Gasteiger partial charge in [-0.1, -0.05) is 17.7 Å². The number of rotatable bonds is 2. The Labute approximate surface area is 101 Å². The molecule has 0 aliphatic carbocycles. The molecule has 0 aliphatic heterocycles. The third-order valence-electron chi connectivity index (χ3n) is 1.51. The van der Waals surface area contributed by atoms with E-state index in [9.17, 15) is 4.79 Å². The highest BCUT2D eigenvalue weighted by atomic mass is 127. The van der Waals surface area contributed by atoms with Crippen molar-refractivity contribution in [2.75, 3.05) is 5.32 Å². The fourth-order valence-electron chi connectivity index (χ4n) is 0.917. The van der Waals surface area contributed by atoms with Crippen LogP contribution in [0.2, 0.25) is 5.02 Å². The van der Waals surface area contributed by atoms with Crippen molar-refractivity contribution in [3.63, 3.8) is 0 Å². The molecule has 0 fully saturated rings.